The topological polar surface area (TPSA) is 71.5 Å². The van der Waals surface area contributed by atoms with E-state index >= 15 is 0 Å². The Hall–Kier alpha value is -2.08. The maximum Gasteiger partial charge on any atom is 0.189 e. The molecule has 1 aromatic carbocycles. The highest BCUT2D eigenvalue weighted by atomic mass is 32.2. The maximum atomic E-state index is 13.5. The first-order valence-corrected chi connectivity index (χ1v) is 6.50. The minimum absolute atomic E-state index is 0.0512. The van der Waals surface area contributed by atoms with Crippen LogP contribution in [0, 0.1) is 5.82 Å². The summed E-state index contributed by atoms with van der Waals surface area (Å²) in [5.74, 6) is 0.173. The Morgan fingerprint density at radius 2 is 2.11 bits per heavy atom. The van der Waals surface area contributed by atoms with Crippen LogP contribution < -0.4 is 5.73 Å². The van der Waals surface area contributed by atoms with Crippen LogP contribution in [0.3, 0.4) is 0 Å². The third-order valence-corrected chi connectivity index (χ3v) is 3.56. The summed E-state index contributed by atoms with van der Waals surface area (Å²) in [6, 6.07) is 10.1. The van der Waals surface area contributed by atoms with E-state index in [1.165, 1.54) is 17.8 Å². The summed E-state index contributed by atoms with van der Waals surface area (Å²) < 4.78 is 13.5. The van der Waals surface area contributed by atoms with E-state index in [0.29, 0.717) is 16.3 Å². The summed E-state index contributed by atoms with van der Waals surface area (Å²) in [6.45, 7) is 0. The molecule has 0 fully saturated rings. The Bertz CT molecular complexity index is 604. The van der Waals surface area contributed by atoms with Crippen LogP contribution in [0.4, 0.5) is 4.39 Å². The lowest BCUT2D eigenvalue weighted by atomic mass is 10.2. The van der Waals surface area contributed by atoms with Crippen molar-refractivity contribution in [3.8, 4) is 0 Å². The largest absolute Gasteiger partial charge is 0.409 e. The first-order chi connectivity index (χ1) is 9.22. The zero-order chi connectivity index (χ0) is 13.7. The predicted molar refractivity (Wildman–Crippen MR) is 72.7 cm³/mol. The van der Waals surface area contributed by atoms with Gasteiger partial charge in [0.1, 0.15) is 11.5 Å². The number of pyridine rings is 1. The highest BCUT2D eigenvalue weighted by molar-refractivity contribution is 7.98. The van der Waals surface area contributed by atoms with E-state index in [-0.39, 0.29) is 11.7 Å². The van der Waals surface area contributed by atoms with Crippen molar-refractivity contribution >= 4 is 17.6 Å². The van der Waals surface area contributed by atoms with Gasteiger partial charge in [-0.25, -0.2) is 4.39 Å². The molecule has 19 heavy (non-hydrogen) atoms. The number of amidine groups is 1. The Labute approximate surface area is 114 Å². The van der Waals surface area contributed by atoms with Gasteiger partial charge in [-0.1, -0.05) is 23.4 Å². The maximum absolute atomic E-state index is 13.5. The Morgan fingerprint density at radius 1 is 1.32 bits per heavy atom. The van der Waals surface area contributed by atoms with Gasteiger partial charge < -0.3 is 10.9 Å². The van der Waals surface area contributed by atoms with Gasteiger partial charge in [-0.15, -0.1) is 11.8 Å². The van der Waals surface area contributed by atoms with Crippen LogP contribution in [0.5, 0.6) is 0 Å². The normalized spacial score (nSPS) is 11.5. The zero-order valence-corrected chi connectivity index (χ0v) is 10.8. The number of nitrogens with zero attached hydrogens (tertiary/aromatic N) is 2. The van der Waals surface area contributed by atoms with Crippen molar-refractivity contribution in [2.75, 3.05) is 0 Å². The number of thioether (sulfide) groups is 1. The number of rotatable bonds is 4. The number of hydrogen-bond donors (Lipinski definition) is 2. The van der Waals surface area contributed by atoms with E-state index in [0.717, 1.165) is 5.56 Å². The summed E-state index contributed by atoms with van der Waals surface area (Å²) in [4.78, 5) is 4.61. The van der Waals surface area contributed by atoms with E-state index in [1.54, 1.807) is 30.5 Å². The molecular formula is C13H12FN3OS. The molecule has 0 radical (unpaired) electrons. The smallest absolute Gasteiger partial charge is 0.189 e. The third kappa shape index (κ3) is 3.23. The molecule has 1 aromatic heterocycles. The molecule has 0 atom stereocenters. The summed E-state index contributed by atoms with van der Waals surface area (Å²) in [6.07, 6.45) is 1.56. The summed E-state index contributed by atoms with van der Waals surface area (Å²) in [5, 5.41) is 11.6. The first kappa shape index (κ1) is 13.4. The number of hydrogen-bond acceptors (Lipinski definition) is 4. The monoisotopic (exact) mass is 277 g/mol. The third-order valence-electron chi connectivity index (χ3n) is 2.46. The van der Waals surface area contributed by atoms with Crippen LogP contribution in [0.25, 0.3) is 0 Å². The molecular weight excluding hydrogens is 265 g/mol. The molecule has 0 saturated carbocycles. The molecule has 98 valence electrons. The molecule has 1 heterocycles. The molecule has 0 saturated heterocycles. The Balaban J connectivity index is 2.19. The second-order valence-electron chi connectivity index (χ2n) is 3.72. The second-order valence-corrected chi connectivity index (χ2v) is 4.73. The Kier molecular flexibility index (Phi) is 4.35. The van der Waals surface area contributed by atoms with E-state index in [2.05, 4.69) is 10.1 Å². The summed E-state index contributed by atoms with van der Waals surface area (Å²) >= 11 is 1.34. The van der Waals surface area contributed by atoms with Gasteiger partial charge >= 0.3 is 0 Å². The van der Waals surface area contributed by atoms with Crippen LogP contribution in [0.15, 0.2) is 52.6 Å². The van der Waals surface area contributed by atoms with E-state index < -0.39 is 0 Å². The molecule has 4 nitrogen and oxygen atoms in total. The number of oxime groups is 1. The van der Waals surface area contributed by atoms with Gasteiger partial charge in [0.15, 0.2) is 5.84 Å². The average Bonchev–Trinajstić information content (AvgIpc) is 2.46. The summed E-state index contributed by atoms with van der Waals surface area (Å²) in [5.41, 5.74) is 6.74. The lowest BCUT2D eigenvalue weighted by molar-refractivity contribution is 0.318. The number of nitrogens with two attached hydrogens (primary N) is 1. The van der Waals surface area contributed by atoms with E-state index in [1.807, 2.05) is 6.07 Å². The highest BCUT2D eigenvalue weighted by Crippen LogP contribution is 2.25. The van der Waals surface area contributed by atoms with Crippen LogP contribution in [-0.2, 0) is 5.75 Å². The van der Waals surface area contributed by atoms with E-state index in [4.69, 9.17) is 10.9 Å². The average molecular weight is 277 g/mol. The molecule has 0 bridgehead atoms. The van der Waals surface area contributed by atoms with Crippen molar-refractivity contribution in [3.05, 3.63) is 59.7 Å². The minimum Gasteiger partial charge on any atom is -0.409 e. The van der Waals surface area contributed by atoms with Crippen molar-refractivity contribution < 1.29 is 9.60 Å². The highest BCUT2D eigenvalue weighted by Gasteiger charge is 2.09. The molecule has 6 heteroatoms. The molecule has 0 spiro atoms. The van der Waals surface area contributed by atoms with E-state index in [9.17, 15) is 4.39 Å². The molecule has 0 unspecified atom stereocenters. The van der Waals surface area contributed by atoms with Gasteiger partial charge in [0.05, 0.1) is 0 Å². The molecule has 2 aromatic rings. The van der Waals surface area contributed by atoms with Crippen molar-refractivity contribution in [3.63, 3.8) is 0 Å². The molecule has 2 rings (SSSR count). The molecule has 0 aliphatic rings. The van der Waals surface area contributed by atoms with Gasteiger partial charge in [0.25, 0.3) is 0 Å². The second kappa shape index (κ2) is 6.19. The van der Waals surface area contributed by atoms with Crippen LogP contribution >= 0.6 is 11.8 Å². The van der Waals surface area contributed by atoms with Gasteiger partial charge in [-0.05, 0) is 23.8 Å². The number of halogens is 1. The molecule has 0 aliphatic heterocycles. The standard InChI is InChI=1S/C13H12FN3OS/c14-10-5-1-2-6-11(10)19-8-9-4-3-7-16-12(9)13(15)17-18/h1-7,18H,8H2,(H2,15,17). The van der Waals surface area contributed by atoms with Crippen molar-refractivity contribution in [1.29, 1.82) is 0 Å². The quantitative estimate of drug-likeness (QED) is 0.296. The van der Waals surface area contributed by atoms with Crippen LogP contribution in [-0.4, -0.2) is 16.0 Å². The number of benzene rings is 1. The molecule has 0 amide bonds. The van der Waals surface area contributed by atoms with Gasteiger partial charge in [0.2, 0.25) is 0 Å². The fourth-order valence-electron chi connectivity index (χ4n) is 1.55. The fourth-order valence-corrected chi connectivity index (χ4v) is 2.48. The lowest BCUT2D eigenvalue weighted by Gasteiger charge is -2.07. The first-order valence-electron chi connectivity index (χ1n) is 5.51. The van der Waals surface area contributed by atoms with Crippen molar-refractivity contribution in [1.82, 2.24) is 4.98 Å². The minimum atomic E-state index is -0.262. The fraction of sp³-hybridized carbons (Fsp3) is 0.0769. The molecule has 0 aliphatic carbocycles. The SMILES string of the molecule is NC(=NO)c1ncccc1CSc1ccccc1F. The predicted octanol–water partition coefficient (Wildman–Crippen LogP) is 2.61. The van der Waals surface area contributed by atoms with Crippen molar-refractivity contribution in [2.24, 2.45) is 10.9 Å². The number of aromatic nitrogens is 1. The lowest BCUT2D eigenvalue weighted by Crippen LogP contribution is -2.17. The van der Waals surface area contributed by atoms with Crippen molar-refractivity contribution in [2.45, 2.75) is 10.6 Å². The Morgan fingerprint density at radius 3 is 2.84 bits per heavy atom. The van der Waals surface area contributed by atoms with Crippen LogP contribution in [0.2, 0.25) is 0 Å². The van der Waals surface area contributed by atoms with Gasteiger partial charge in [-0.2, -0.15) is 0 Å². The zero-order valence-electron chi connectivity index (χ0n) is 9.95. The molecule has 3 N–H and O–H groups in total. The van der Waals surface area contributed by atoms with Gasteiger partial charge in [0, 0.05) is 16.8 Å². The summed E-state index contributed by atoms with van der Waals surface area (Å²) in [7, 11) is 0. The van der Waals surface area contributed by atoms with Gasteiger partial charge in [-0.3, -0.25) is 4.98 Å². The van der Waals surface area contributed by atoms with Crippen LogP contribution in [0.1, 0.15) is 11.3 Å².